The predicted octanol–water partition coefficient (Wildman–Crippen LogP) is 5.96. The fraction of sp³-hybridized carbons (Fsp3) is 0.160. The van der Waals surface area contributed by atoms with E-state index in [0.29, 0.717) is 0 Å². The van der Waals surface area contributed by atoms with Crippen molar-refractivity contribution < 1.29 is 4.74 Å². The Morgan fingerprint density at radius 3 is 2.45 bits per heavy atom. The summed E-state index contributed by atoms with van der Waals surface area (Å²) in [7, 11) is 5.93. The van der Waals surface area contributed by atoms with Gasteiger partial charge in [-0.15, -0.1) is 0 Å². The Morgan fingerprint density at radius 1 is 0.862 bits per heavy atom. The van der Waals surface area contributed by atoms with Crippen LogP contribution >= 0.6 is 0 Å². The molecule has 5 rings (SSSR count). The minimum atomic E-state index is 0.797. The number of aromatic nitrogens is 2. The van der Waals surface area contributed by atoms with Crippen molar-refractivity contribution in [3.05, 3.63) is 72.4 Å². The second-order valence-corrected chi connectivity index (χ2v) is 7.48. The van der Waals surface area contributed by atoms with E-state index in [9.17, 15) is 0 Å². The lowest BCUT2D eigenvalue weighted by atomic mass is 10.1. The maximum atomic E-state index is 5.55. The lowest BCUT2D eigenvalue weighted by Gasteiger charge is -2.22. The zero-order chi connectivity index (χ0) is 20.1. The van der Waals surface area contributed by atoms with Gasteiger partial charge in [-0.1, -0.05) is 30.3 Å². The molecular weight excluding hydrogens is 358 g/mol. The fourth-order valence-corrected chi connectivity index (χ4v) is 4.27. The van der Waals surface area contributed by atoms with E-state index in [1.165, 1.54) is 21.8 Å². The number of benzene rings is 3. The highest BCUT2D eigenvalue weighted by Gasteiger charge is 2.15. The van der Waals surface area contributed by atoms with Crippen molar-refractivity contribution in [3.8, 4) is 5.75 Å². The largest absolute Gasteiger partial charge is 0.494 e. The first-order chi connectivity index (χ1) is 14.1. The molecule has 0 saturated heterocycles. The van der Waals surface area contributed by atoms with Crippen molar-refractivity contribution in [3.63, 3.8) is 0 Å². The molecule has 0 amide bonds. The summed E-state index contributed by atoms with van der Waals surface area (Å²) < 4.78 is 7.80. The van der Waals surface area contributed by atoms with Gasteiger partial charge < -0.3 is 14.2 Å². The van der Waals surface area contributed by atoms with Crippen molar-refractivity contribution >= 4 is 44.1 Å². The van der Waals surface area contributed by atoms with Crippen LogP contribution in [0.5, 0.6) is 5.75 Å². The van der Waals surface area contributed by atoms with Gasteiger partial charge >= 0.3 is 0 Å². The zero-order valence-corrected chi connectivity index (χ0v) is 17.1. The van der Waals surface area contributed by atoms with Crippen LogP contribution in [0.1, 0.15) is 5.69 Å². The first-order valence-electron chi connectivity index (χ1n) is 9.74. The average molecular weight is 381 g/mol. The number of methoxy groups -OCH3 is 1. The molecule has 144 valence electrons. The van der Waals surface area contributed by atoms with Crippen LogP contribution in [0.4, 0.5) is 11.4 Å². The third-order valence-corrected chi connectivity index (χ3v) is 5.77. The summed E-state index contributed by atoms with van der Waals surface area (Å²) in [6.45, 7) is 2.02. The van der Waals surface area contributed by atoms with Crippen molar-refractivity contribution in [1.82, 2.24) is 9.55 Å². The minimum absolute atomic E-state index is 0.797. The molecule has 0 saturated carbocycles. The van der Waals surface area contributed by atoms with Gasteiger partial charge in [-0.05, 0) is 43.3 Å². The maximum absolute atomic E-state index is 5.55. The first-order valence-corrected chi connectivity index (χ1v) is 9.74. The topological polar surface area (TPSA) is 30.3 Å². The van der Waals surface area contributed by atoms with Gasteiger partial charge in [0, 0.05) is 52.7 Å². The molecular formula is C25H23N3O. The minimum Gasteiger partial charge on any atom is -0.494 e. The molecule has 0 aliphatic carbocycles. The predicted molar refractivity (Wildman–Crippen MR) is 122 cm³/mol. The summed E-state index contributed by atoms with van der Waals surface area (Å²) in [5.74, 6) is 0.797. The molecule has 0 fully saturated rings. The lowest BCUT2D eigenvalue weighted by Crippen LogP contribution is -2.11. The Bertz CT molecular complexity index is 1380. The van der Waals surface area contributed by atoms with Crippen LogP contribution in [0.2, 0.25) is 0 Å². The number of hydrogen-bond donors (Lipinski definition) is 0. The quantitative estimate of drug-likeness (QED) is 0.386. The molecule has 2 aromatic heterocycles. The molecule has 2 heterocycles. The summed E-state index contributed by atoms with van der Waals surface area (Å²) in [5, 5.41) is 3.62. The van der Waals surface area contributed by atoms with E-state index >= 15 is 0 Å². The summed E-state index contributed by atoms with van der Waals surface area (Å²) >= 11 is 0. The number of pyridine rings is 1. The summed E-state index contributed by atoms with van der Waals surface area (Å²) in [5.41, 5.74) is 6.60. The van der Waals surface area contributed by atoms with Crippen molar-refractivity contribution in [1.29, 1.82) is 0 Å². The Labute approximate surface area is 170 Å². The van der Waals surface area contributed by atoms with Gasteiger partial charge in [-0.25, -0.2) is 4.98 Å². The van der Waals surface area contributed by atoms with Crippen molar-refractivity contribution in [2.75, 3.05) is 19.1 Å². The number of ether oxygens (including phenoxy) is 1. The number of aryl methyl sites for hydroxylation is 2. The molecule has 0 spiro atoms. The number of anilines is 2. The molecule has 0 bridgehead atoms. The van der Waals surface area contributed by atoms with E-state index < -0.39 is 0 Å². The maximum Gasteiger partial charge on any atom is 0.145 e. The normalized spacial score (nSPS) is 11.4. The molecule has 4 nitrogen and oxygen atoms in total. The summed E-state index contributed by atoms with van der Waals surface area (Å²) in [6, 6.07) is 23.4. The van der Waals surface area contributed by atoms with Crippen LogP contribution in [0.15, 0.2) is 66.7 Å². The van der Waals surface area contributed by atoms with Crippen LogP contribution in [0.25, 0.3) is 32.7 Å². The number of rotatable bonds is 3. The molecule has 0 unspecified atom stereocenters. The molecule has 0 aliphatic rings. The second kappa shape index (κ2) is 6.52. The fourth-order valence-electron chi connectivity index (χ4n) is 4.27. The highest BCUT2D eigenvalue weighted by atomic mass is 16.5. The van der Waals surface area contributed by atoms with Crippen LogP contribution in [0.3, 0.4) is 0 Å². The smallest absolute Gasteiger partial charge is 0.145 e. The van der Waals surface area contributed by atoms with Gasteiger partial charge in [-0.2, -0.15) is 0 Å². The highest BCUT2D eigenvalue weighted by Crippen LogP contribution is 2.37. The molecule has 4 heteroatoms. The molecule has 0 atom stereocenters. The number of para-hydroxylation sites is 2. The number of hydrogen-bond acceptors (Lipinski definition) is 3. The first kappa shape index (κ1) is 17.6. The Kier molecular flexibility index (Phi) is 3.95. The third kappa shape index (κ3) is 2.64. The number of nitrogens with zero attached hydrogens (tertiary/aromatic N) is 3. The average Bonchev–Trinajstić information content (AvgIpc) is 3.04. The molecule has 0 aliphatic heterocycles. The van der Waals surface area contributed by atoms with Gasteiger partial charge in [0.1, 0.15) is 11.3 Å². The Morgan fingerprint density at radius 2 is 1.62 bits per heavy atom. The molecule has 0 N–H and O–H groups in total. The van der Waals surface area contributed by atoms with Gasteiger partial charge in [0.25, 0.3) is 0 Å². The summed E-state index contributed by atoms with van der Waals surface area (Å²) in [4.78, 5) is 6.96. The van der Waals surface area contributed by atoms with E-state index in [1.807, 2.05) is 19.1 Å². The van der Waals surface area contributed by atoms with E-state index in [1.54, 1.807) is 7.11 Å². The zero-order valence-electron chi connectivity index (χ0n) is 17.1. The molecule has 0 radical (unpaired) electrons. The van der Waals surface area contributed by atoms with Gasteiger partial charge in [0.2, 0.25) is 0 Å². The van der Waals surface area contributed by atoms with E-state index in [0.717, 1.165) is 33.7 Å². The second-order valence-electron chi connectivity index (χ2n) is 7.48. The third-order valence-electron chi connectivity index (χ3n) is 5.77. The van der Waals surface area contributed by atoms with Crippen LogP contribution in [-0.2, 0) is 7.05 Å². The van der Waals surface area contributed by atoms with Gasteiger partial charge in [-0.3, -0.25) is 0 Å². The van der Waals surface area contributed by atoms with Crippen LogP contribution < -0.4 is 9.64 Å². The Balaban J connectivity index is 1.73. The van der Waals surface area contributed by atoms with Crippen molar-refractivity contribution in [2.24, 2.45) is 7.05 Å². The van der Waals surface area contributed by atoms with Crippen LogP contribution in [0, 0.1) is 6.92 Å². The highest BCUT2D eigenvalue weighted by molar-refractivity contribution is 6.09. The summed E-state index contributed by atoms with van der Waals surface area (Å²) in [6.07, 6.45) is 0. The molecule has 29 heavy (non-hydrogen) atoms. The van der Waals surface area contributed by atoms with Crippen molar-refractivity contribution in [2.45, 2.75) is 6.92 Å². The molecule has 3 aromatic carbocycles. The monoisotopic (exact) mass is 381 g/mol. The van der Waals surface area contributed by atoms with Crippen LogP contribution in [-0.4, -0.2) is 23.7 Å². The lowest BCUT2D eigenvalue weighted by molar-refractivity contribution is 0.419. The SMILES string of the molecule is COc1cccc2c(N(C)c3ccc4c(c3)c3ccccc3n4C)cc(C)nc12. The number of fused-ring (bicyclic) bond motifs is 4. The van der Waals surface area contributed by atoms with Gasteiger partial charge in [0.15, 0.2) is 0 Å². The van der Waals surface area contributed by atoms with E-state index in [-0.39, 0.29) is 0 Å². The standard InChI is InChI=1S/C25H23N3O/c1-16-14-23(19-9-7-11-24(29-4)25(19)26-16)27(2)17-12-13-22-20(15-17)18-8-5-6-10-21(18)28(22)3/h5-15H,1-4H3. The van der Waals surface area contributed by atoms with E-state index in [2.05, 4.69) is 78.2 Å². The Hall–Kier alpha value is -3.53. The molecule has 5 aromatic rings. The van der Waals surface area contributed by atoms with E-state index in [4.69, 9.17) is 9.72 Å². The van der Waals surface area contributed by atoms with Gasteiger partial charge in [0.05, 0.1) is 12.8 Å².